The first-order valence-corrected chi connectivity index (χ1v) is 11.0. The second-order valence-electron chi connectivity index (χ2n) is 8.32. The average molecular weight is 429 g/mol. The fourth-order valence-corrected chi connectivity index (χ4v) is 4.43. The zero-order chi connectivity index (χ0) is 21.9. The normalized spacial score (nSPS) is 15.2. The van der Waals surface area contributed by atoms with E-state index in [1.54, 1.807) is 12.1 Å². The molecule has 32 heavy (non-hydrogen) atoms. The van der Waals surface area contributed by atoms with Crippen LogP contribution in [0.25, 0.3) is 22.2 Å². The van der Waals surface area contributed by atoms with E-state index >= 15 is 0 Å². The van der Waals surface area contributed by atoms with Gasteiger partial charge in [-0.15, -0.1) is 0 Å². The molecule has 162 valence electrons. The van der Waals surface area contributed by atoms with E-state index in [4.69, 9.17) is 4.74 Å². The van der Waals surface area contributed by atoms with Gasteiger partial charge >= 0.3 is 0 Å². The Morgan fingerprint density at radius 1 is 1.03 bits per heavy atom. The molecule has 5 heteroatoms. The van der Waals surface area contributed by atoms with E-state index in [0.717, 1.165) is 39.9 Å². The second kappa shape index (κ2) is 8.87. The molecule has 4 nitrogen and oxygen atoms in total. The zero-order valence-electron chi connectivity index (χ0n) is 17.7. The van der Waals surface area contributed by atoms with Crippen LogP contribution in [0.5, 0.6) is 5.75 Å². The lowest BCUT2D eigenvalue weighted by molar-refractivity contribution is -0.121. The molecule has 1 aliphatic heterocycles. The van der Waals surface area contributed by atoms with Crippen molar-refractivity contribution in [2.45, 2.75) is 19.3 Å². The van der Waals surface area contributed by atoms with Crippen LogP contribution in [-0.4, -0.2) is 24.0 Å². The largest absolute Gasteiger partial charge is 0.493 e. The number of aromatic nitrogens is 1. The minimum absolute atomic E-state index is 0.0270. The molecule has 2 N–H and O–H groups in total. The summed E-state index contributed by atoms with van der Waals surface area (Å²) in [4.78, 5) is 16.1. The number of hydrogen-bond acceptors (Lipinski definition) is 2. The number of nitrogens with one attached hydrogen (secondary N) is 2. The number of carbonyl (C=O) groups excluding carboxylic acids is 1. The van der Waals surface area contributed by atoms with Crippen molar-refractivity contribution in [3.8, 4) is 17.0 Å². The first-order chi connectivity index (χ1) is 15.7. The van der Waals surface area contributed by atoms with Crippen molar-refractivity contribution in [3.05, 3.63) is 89.7 Å². The van der Waals surface area contributed by atoms with Gasteiger partial charge in [0.2, 0.25) is 5.91 Å². The van der Waals surface area contributed by atoms with E-state index in [9.17, 15) is 9.18 Å². The summed E-state index contributed by atoms with van der Waals surface area (Å²) in [6.45, 7) is 1.22. The lowest BCUT2D eigenvalue weighted by atomic mass is 9.96. The first kappa shape index (κ1) is 20.3. The lowest BCUT2D eigenvalue weighted by Crippen LogP contribution is -2.34. The Balaban J connectivity index is 1.25. The van der Waals surface area contributed by atoms with Crippen molar-refractivity contribution in [1.29, 1.82) is 0 Å². The molecule has 0 spiro atoms. The lowest BCUT2D eigenvalue weighted by Gasteiger charge is -2.25. The van der Waals surface area contributed by atoms with Crippen LogP contribution >= 0.6 is 0 Å². The molecular weight excluding hydrogens is 403 g/mol. The predicted molar refractivity (Wildman–Crippen MR) is 124 cm³/mol. The number of ether oxygens (including phenoxy) is 1. The molecule has 4 aromatic rings. The molecular formula is C27H25FN2O2. The van der Waals surface area contributed by atoms with Crippen LogP contribution in [0.15, 0.2) is 72.8 Å². The molecule has 0 radical (unpaired) electrons. The van der Waals surface area contributed by atoms with E-state index in [2.05, 4.69) is 22.4 Å². The number of rotatable bonds is 6. The van der Waals surface area contributed by atoms with Crippen LogP contribution in [0.2, 0.25) is 0 Å². The summed E-state index contributed by atoms with van der Waals surface area (Å²) in [7, 11) is 0. The SMILES string of the molecule is O=C(CCc1c(-c2ccc(F)cc2)[nH]c2ccccc12)NCC1COc2ccccc2C1. The van der Waals surface area contributed by atoms with Crippen LogP contribution in [0.4, 0.5) is 4.39 Å². The number of carbonyl (C=O) groups is 1. The molecule has 1 aromatic heterocycles. The van der Waals surface area contributed by atoms with Crippen molar-refractivity contribution in [2.24, 2.45) is 5.92 Å². The minimum Gasteiger partial charge on any atom is -0.493 e. The van der Waals surface area contributed by atoms with Gasteiger partial charge in [0.05, 0.1) is 6.61 Å². The maximum Gasteiger partial charge on any atom is 0.220 e. The number of benzene rings is 3. The summed E-state index contributed by atoms with van der Waals surface area (Å²) >= 11 is 0. The van der Waals surface area contributed by atoms with Crippen LogP contribution in [0, 0.1) is 11.7 Å². The summed E-state index contributed by atoms with van der Waals surface area (Å²) in [6, 6.07) is 22.6. The van der Waals surface area contributed by atoms with Gasteiger partial charge < -0.3 is 15.0 Å². The Labute approximate surface area is 186 Å². The van der Waals surface area contributed by atoms with Gasteiger partial charge in [-0.25, -0.2) is 4.39 Å². The molecule has 0 saturated heterocycles. The van der Waals surface area contributed by atoms with Crippen molar-refractivity contribution in [2.75, 3.05) is 13.2 Å². The summed E-state index contributed by atoms with van der Waals surface area (Å²) in [6.07, 6.45) is 1.90. The maximum atomic E-state index is 13.4. The highest BCUT2D eigenvalue weighted by atomic mass is 19.1. The fourth-order valence-electron chi connectivity index (χ4n) is 4.43. The number of aryl methyl sites for hydroxylation is 1. The Morgan fingerprint density at radius 2 is 1.81 bits per heavy atom. The quantitative estimate of drug-likeness (QED) is 0.439. The van der Waals surface area contributed by atoms with Gasteiger partial charge in [0, 0.05) is 35.5 Å². The third-order valence-corrected chi connectivity index (χ3v) is 6.09. The van der Waals surface area contributed by atoms with Crippen molar-refractivity contribution >= 4 is 16.8 Å². The first-order valence-electron chi connectivity index (χ1n) is 11.0. The highest BCUT2D eigenvalue weighted by Crippen LogP contribution is 2.31. The van der Waals surface area contributed by atoms with Crippen LogP contribution in [0.3, 0.4) is 0 Å². The third-order valence-electron chi connectivity index (χ3n) is 6.09. The standard InChI is InChI=1S/C27H25FN2O2/c28-21-11-9-19(10-12-21)27-23(22-6-2-3-7-24(22)30-27)13-14-26(31)29-16-18-15-20-5-1-4-8-25(20)32-17-18/h1-12,18,30H,13-17H2,(H,29,31). The van der Waals surface area contributed by atoms with Gasteiger partial charge in [0.25, 0.3) is 0 Å². The van der Waals surface area contributed by atoms with E-state index in [1.807, 2.05) is 36.4 Å². The van der Waals surface area contributed by atoms with E-state index in [0.29, 0.717) is 26.0 Å². The molecule has 1 amide bonds. The summed E-state index contributed by atoms with van der Waals surface area (Å²) in [5.41, 5.74) is 5.14. The topological polar surface area (TPSA) is 54.1 Å². The molecule has 1 unspecified atom stereocenters. The van der Waals surface area contributed by atoms with Crippen LogP contribution in [0.1, 0.15) is 17.5 Å². The summed E-state index contributed by atoms with van der Waals surface area (Å²) < 4.78 is 19.2. The highest BCUT2D eigenvalue weighted by Gasteiger charge is 2.20. The van der Waals surface area contributed by atoms with E-state index in [-0.39, 0.29) is 17.6 Å². The monoisotopic (exact) mass is 428 g/mol. The summed E-state index contributed by atoms with van der Waals surface area (Å²) in [5.74, 6) is 0.985. The molecule has 2 heterocycles. The number of H-pyrrole nitrogens is 1. The van der Waals surface area contributed by atoms with Crippen molar-refractivity contribution in [3.63, 3.8) is 0 Å². The molecule has 0 fully saturated rings. The number of para-hydroxylation sites is 2. The number of aromatic amines is 1. The predicted octanol–water partition coefficient (Wildman–Crippen LogP) is 5.27. The number of amides is 1. The Bertz CT molecular complexity index is 1250. The molecule has 0 bridgehead atoms. The number of halogens is 1. The van der Waals surface area contributed by atoms with Crippen molar-refractivity contribution in [1.82, 2.24) is 10.3 Å². The second-order valence-corrected chi connectivity index (χ2v) is 8.32. The third kappa shape index (κ3) is 4.24. The van der Waals surface area contributed by atoms with Gasteiger partial charge in [-0.2, -0.15) is 0 Å². The number of hydrogen-bond donors (Lipinski definition) is 2. The molecule has 0 saturated carbocycles. The fraction of sp³-hybridized carbons (Fsp3) is 0.222. The minimum atomic E-state index is -0.264. The van der Waals surface area contributed by atoms with E-state index < -0.39 is 0 Å². The maximum absolute atomic E-state index is 13.4. The van der Waals surface area contributed by atoms with Crippen LogP contribution in [-0.2, 0) is 17.6 Å². The molecule has 3 aromatic carbocycles. The van der Waals surface area contributed by atoms with E-state index in [1.165, 1.54) is 17.7 Å². The van der Waals surface area contributed by atoms with Crippen molar-refractivity contribution < 1.29 is 13.9 Å². The Kier molecular flexibility index (Phi) is 5.63. The highest BCUT2D eigenvalue weighted by molar-refractivity contribution is 5.91. The average Bonchev–Trinajstić information content (AvgIpc) is 3.20. The zero-order valence-corrected chi connectivity index (χ0v) is 17.7. The molecule has 1 atom stereocenters. The van der Waals surface area contributed by atoms with Gasteiger partial charge in [-0.3, -0.25) is 4.79 Å². The summed E-state index contributed by atoms with van der Waals surface area (Å²) in [5, 5.41) is 4.18. The molecule has 1 aliphatic rings. The molecule has 0 aliphatic carbocycles. The van der Waals surface area contributed by atoms with Gasteiger partial charge in [-0.1, -0.05) is 36.4 Å². The Morgan fingerprint density at radius 3 is 2.69 bits per heavy atom. The van der Waals surface area contributed by atoms with Gasteiger partial charge in [-0.05, 0) is 65.9 Å². The smallest absolute Gasteiger partial charge is 0.220 e. The number of fused-ring (bicyclic) bond motifs is 2. The molecule has 5 rings (SSSR count). The Hall–Kier alpha value is -3.60. The van der Waals surface area contributed by atoms with Gasteiger partial charge in [0.1, 0.15) is 11.6 Å². The van der Waals surface area contributed by atoms with Crippen LogP contribution < -0.4 is 10.1 Å². The van der Waals surface area contributed by atoms with Gasteiger partial charge in [0.15, 0.2) is 0 Å².